The van der Waals surface area contributed by atoms with Crippen molar-refractivity contribution < 1.29 is 4.79 Å². The fourth-order valence-corrected chi connectivity index (χ4v) is 1.30. The van der Waals surface area contributed by atoms with Crippen LogP contribution in [0.15, 0.2) is 29.3 Å². The second-order valence-electron chi connectivity index (χ2n) is 3.58. The summed E-state index contributed by atoms with van der Waals surface area (Å²) >= 11 is 0. The summed E-state index contributed by atoms with van der Waals surface area (Å²) in [5, 5.41) is 2.69. The second-order valence-corrected chi connectivity index (χ2v) is 3.58. The molecule has 0 aliphatic carbocycles. The lowest BCUT2D eigenvalue weighted by atomic mass is 10.2. The Morgan fingerprint density at radius 1 is 1.38 bits per heavy atom. The predicted molar refractivity (Wildman–Crippen MR) is 66.9 cm³/mol. The number of carbonyl (C=O) groups is 1. The van der Waals surface area contributed by atoms with Crippen molar-refractivity contribution in [1.82, 2.24) is 0 Å². The van der Waals surface area contributed by atoms with Gasteiger partial charge in [-0.05, 0) is 30.7 Å². The molecule has 0 heterocycles. The number of benzene rings is 1. The molecule has 1 rings (SSSR count). The minimum absolute atomic E-state index is 0.0817. The maximum Gasteiger partial charge on any atom is 0.221 e. The van der Waals surface area contributed by atoms with Gasteiger partial charge < -0.3 is 11.1 Å². The van der Waals surface area contributed by atoms with Gasteiger partial charge in [-0.1, -0.05) is 6.92 Å². The highest BCUT2D eigenvalue weighted by Crippen LogP contribution is 2.16. The van der Waals surface area contributed by atoms with Crippen LogP contribution in [-0.4, -0.2) is 11.7 Å². The van der Waals surface area contributed by atoms with Crippen LogP contribution in [0.5, 0.6) is 0 Å². The molecule has 16 heavy (non-hydrogen) atoms. The molecule has 0 saturated carbocycles. The number of nitrogens with two attached hydrogens (primary N) is 1. The molecule has 0 atom stereocenters. The number of hydrogen-bond acceptors (Lipinski definition) is 2. The molecule has 1 aromatic carbocycles. The van der Waals surface area contributed by atoms with Crippen molar-refractivity contribution in [2.24, 2.45) is 10.7 Å². The first-order valence-electron chi connectivity index (χ1n) is 5.32. The molecular weight excluding hydrogens is 202 g/mol. The van der Waals surface area contributed by atoms with Crippen molar-refractivity contribution in [1.29, 1.82) is 0 Å². The molecule has 0 aromatic heterocycles. The molecule has 3 N–H and O–H groups in total. The average molecular weight is 219 g/mol. The molecule has 0 saturated heterocycles. The number of carbonyl (C=O) groups excluding carboxylic acids is 1. The van der Waals surface area contributed by atoms with Gasteiger partial charge in [0, 0.05) is 19.0 Å². The average Bonchev–Trinajstić information content (AvgIpc) is 2.20. The van der Waals surface area contributed by atoms with E-state index in [-0.39, 0.29) is 5.91 Å². The molecule has 1 amide bonds. The van der Waals surface area contributed by atoms with E-state index in [4.69, 9.17) is 5.73 Å². The summed E-state index contributed by atoms with van der Waals surface area (Å²) < 4.78 is 0. The van der Waals surface area contributed by atoms with Gasteiger partial charge in [0.15, 0.2) is 0 Å². The smallest absolute Gasteiger partial charge is 0.221 e. The maximum atomic E-state index is 10.8. The van der Waals surface area contributed by atoms with Crippen LogP contribution in [-0.2, 0) is 4.79 Å². The number of amides is 1. The van der Waals surface area contributed by atoms with E-state index in [1.165, 1.54) is 6.92 Å². The van der Waals surface area contributed by atoms with Gasteiger partial charge in [0.1, 0.15) is 0 Å². The molecule has 4 nitrogen and oxygen atoms in total. The van der Waals surface area contributed by atoms with Gasteiger partial charge in [-0.3, -0.25) is 4.79 Å². The van der Waals surface area contributed by atoms with E-state index < -0.39 is 0 Å². The monoisotopic (exact) mass is 219 g/mol. The Balaban J connectivity index is 2.71. The first-order valence-corrected chi connectivity index (χ1v) is 5.32. The van der Waals surface area contributed by atoms with E-state index in [1.54, 1.807) is 12.1 Å². The summed E-state index contributed by atoms with van der Waals surface area (Å²) in [6.07, 6.45) is 1.78. The Labute approximate surface area is 95.6 Å². The Morgan fingerprint density at radius 2 is 2.00 bits per heavy atom. The number of nitrogens with one attached hydrogen (secondary N) is 1. The van der Waals surface area contributed by atoms with Crippen LogP contribution in [0.2, 0.25) is 0 Å². The zero-order chi connectivity index (χ0) is 12.0. The molecule has 0 unspecified atom stereocenters. The first-order chi connectivity index (χ1) is 7.61. The van der Waals surface area contributed by atoms with Crippen LogP contribution < -0.4 is 11.1 Å². The quantitative estimate of drug-likeness (QED) is 0.603. The number of nitrogens with zero attached hydrogens (tertiary/aromatic N) is 1. The Kier molecular flexibility index (Phi) is 4.51. The van der Waals surface area contributed by atoms with E-state index in [1.807, 2.05) is 12.1 Å². The number of anilines is 1. The van der Waals surface area contributed by atoms with E-state index in [9.17, 15) is 4.79 Å². The molecular formula is C12H17N3O. The van der Waals surface area contributed by atoms with Gasteiger partial charge in [-0.2, -0.15) is 0 Å². The predicted octanol–water partition coefficient (Wildman–Crippen LogP) is 2.43. The summed E-state index contributed by atoms with van der Waals surface area (Å²) in [7, 11) is 0. The van der Waals surface area contributed by atoms with Gasteiger partial charge in [0.2, 0.25) is 5.91 Å². The molecule has 0 aliphatic heterocycles. The van der Waals surface area contributed by atoms with E-state index in [2.05, 4.69) is 17.2 Å². The molecule has 0 bridgehead atoms. The highest BCUT2D eigenvalue weighted by molar-refractivity contribution is 5.89. The highest BCUT2D eigenvalue weighted by Gasteiger charge is 1.96. The van der Waals surface area contributed by atoms with E-state index >= 15 is 0 Å². The second kappa shape index (κ2) is 5.90. The third kappa shape index (κ3) is 4.13. The number of amidine groups is 1. The Hall–Kier alpha value is -1.84. The third-order valence-corrected chi connectivity index (χ3v) is 1.97. The van der Waals surface area contributed by atoms with Gasteiger partial charge in [-0.15, -0.1) is 0 Å². The van der Waals surface area contributed by atoms with Crippen LogP contribution in [0, 0.1) is 0 Å². The minimum atomic E-state index is -0.0817. The zero-order valence-electron chi connectivity index (χ0n) is 9.66. The highest BCUT2D eigenvalue weighted by atomic mass is 16.1. The van der Waals surface area contributed by atoms with E-state index in [0.29, 0.717) is 5.84 Å². The molecule has 0 fully saturated rings. The van der Waals surface area contributed by atoms with Crippen molar-refractivity contribution in [3.63, 3.8) is 0 Å². The third-order valence-electron chi connectivity index (χ3n) is 1.97. The van der Waals surface area contributed by atoms with E-state index in [0.717, 1.165) is 24.2 Å². The normalized spacial score (nSPS) is 11.2. The molecule has 0 radical (unpaired) electrons. The van der Waals surface area contributed by atoms with Crippen molar-refractivity contribution in [3.05, 3.63) is 24.3 Å². The minimum Gasteiger partial charge on any atom is -0.387 e. The maximum absolute atomic E-state index is 10.8. The fraction of sp³-hybridized carbons (Fsp3) is 0.333. The lowest BCUT2D eigenvalue weighted by Gasteiger charge is -2.02. The van der Waals surface area contributed by atoms with Gasteiger partial charge in [-0.25, -0.2) is 4.99 Å². The summed E-state index contributed by atoms with van der Waals surface area (Å²) in [4.78, 5) is 15.1. The lowest BCUT2D eigenvalue weighted by Crippen LogP contribution is -2.09. The topological polar surface area (TPSA) is 67.5 Å². The largest absolute Gasteiger partial charge is 0.387 e. The number of hydrogen-bond donors (Lipinski definition) is 2. The molecule has 1 aromatic rings. The van der Waals surface area contributed by atoms with Gasteiger partial charge >= 0.3 is 0 Å². The van der Waals surface area contributed by atoms with Crippen molar-refractivity contribution in [3.8, 4) is 0 Å². The van der Waals surface area contributed by atoms with Crippen molar-refractivity contribution in [2.75, 3.05) is 5.32 Å². The lowest BCUT2D eigenvalue weighted by molar-refractivity contribution is -0.114. The molecule has 0 spiro atoms. The van der Waals surface area contributed by atoms with Gasteiger partial charge in [0.05, 0.1) is 11.5 Å². The first kappa shape index (κ1) is 12.2. The molecule has 86 valence electrons. The summed E-state index contributed by atoms with van der Waals surface area (Å²) in [6.45, 7) is 3.54. The van der Waals surface area contributed by atoms with Crippen LogP contribution in [0.3, 0.4) is 0 Å². The fourth-order valence-electron chi connectivity index (χ4n) is 1.30. The van der Waals surface area contributed by atoms with Crippen LogP contribution in [0.25, 0.3) is 0 Å². The van der Waals surface area contributed by atoms with Crippen LogP contribution >= 0.6 is 0 Å². The number of rotatable bonds is 4. The summed E-state index contributed by atoms with van der Waals surface area (Å²) in [5.41, 5.74) is 7.29. The summed E-state index contributed by atoms with van der Waals surface area (Å²) in [6, 6.07) is 7.26. The Morgan fingerprint density at radius 3 is 2.50 bits per heavy atom. The van der Waals surface area contributed by atoms with Crippen molar-refractivity contribution >= 4 is 23.1 Å². The summed E-state index contributed by atoms with van der Waals surface area (Å²) in [5.74, 6) is 0.552. The zero-order valence-corrected chi connectivity index (χ0v) is 9.66. The molecule has 0 aliphatic rings. The van der Waals surface area contributed by atoms with Gasteiger partial charge in [0.25, 0.3) is 0 Å². The standard InChI is InChI=1S/C12H17N3O/c1-3-4-12(13)15-11-7-5-10(6-8-11)14-9(2)16/h5-8H,3-4H2,1-2H3,(H2,13,15)(H,14,16). The van der Waals surface area contributed by atoms with Crippen LogP contribution in [0.4, 0.5) is 11.4 Å². The number of aliphatic imine (C=N–C) groups is 1. The Bertz CT molecular complexity index is 382. The van der Waals surface area contributed by atoms with Crippen LogP contribution in [0.1, 0.15) is 26.7 Å². The SMILES string of the molecule is CCCC(N)=Nc1ccc(NC(C)=O)cc1. The molecule has 4 heteroatoms. The van der Waals surface area contributed by atoms with Crippen molar-refractivity contribution in [2.45, 2.75) is 26.7 Å².